The summed E-state index contributed by atoms with van der Waals surface area (Å²) < 4.78 is 5.21. The minimum Gasteiger partial charge on any atom is -0.500 e. The minimum absolute atomic E-state index is 0.338. The molecule has 0 radical (unpaired) electrons. The van der Waals surface area contributed by atoms with Crippen molar-refractivity contribution in [2.24, 2.45) is 5.92 Å². The lowest BCUT2D eigenvalue weighted by molar-refractivity contribution is 0.233. The average molecular weight is 157 g/mol. The van der Waals surface area contributed by atoms with Crippen LogP contribution in [0.5, 0.6) is 0 Å². The van der Waals surface area contributed by atoms with Gasteiger partial charge in [0.05, 0.1) is 13.2 Å². The molecule has 1 atom stereocenters. The number of methoxy groups -OCH3 is 1. The summed E-state index contributed by atoms with van der Waals surface area (Å²) in [4.78, 5) is 0. The quantitative estimate of drug-likeness (QED) is 0.628. The summed E-state index contributed by atoms with van der Waals surface area (Å²) in [5, 5.41) is 3.21. The van der Waals surface area contributed by atoms with E-state index in [0.29, 0.717) is 12.0 Å². The predicted molar refractivity (Wildman–Crippen MR) is 48.5 cm³/mol. The number of hydrogen-bond acceptors (Lipinski definition) is 2. The third-order valence-electron chi connectivity index (χ3n) is 1.80. The van der Waals surface area contributed by atoms with Crippen LogP contribution in [0.1, 0.15) is 20.8 Å². The van der Waals surface area contributed by atoms with E-state index < -0.39 is 0 Å². The molecule has 0 aromatic carbocycles. The van der Waals surface area contributed by atoms with E-state index in [2.05, 4.69) is 19.2 Å². The van der Waals surface area contributed by atoms with Crippen LogP contribution in [-0.4, -0.2) is 20.2 Å². The molecule has 0 unspecified atom stereocenters. The minimum atomic E-state index is 0.338. The Morgan fingerprint density at radius 3 is 2.09 bits per heavy atom. The number of allylic oxidation sites excluding steroid dienone is 1. The van der Waals surface area contributed by atoms with Crippen LogP contribution in [0.4, 0.5) is 0 Å². The van der Waals surface area contributed by atoms with Crippen LogP contribution >= 0.6 is 0 Å². The second kappa shape index (κ2) is 5.19. The lowest BCUT2D eigenvalue weighted by Gasteiger charge is -2.21. The fraction of sp³-hybridized carbons (Fsp3) is 0.778. The molecule has 0 aliphatic carbocycles. The first-order chi connectivity index (χ1) is 5.17. The molecule has 0 spiro atoms. The second-order valence-electron chi connectivity index (χ2n) is 2.91. The Bertz CT molecular complexity index is 130. The Morgan fingerprint density at radius 1 is 1.45 bits per heavy atom. The normalized spacial score (nSPS) is 15.3. The van der Waals surface area contributed by atoms with Crippen LogP contribution in [0.15, 0.2) is 11.8 Å². The zero-order valence-corrected chi connectivity index (χ0v) is 8.14. The number of hydrogen-bond donors (Lipinski definition) is 1. The molecule has 0 saturated heterocycles. The Kier molecular flexibility index (Phi) is 4.95. The molecule has 1 N–H and O–H groups in total. The van der Waals surface area contributed by atoms with E-state index in [4.69, 9.17) is 4.74 Å². The first-order valence-electron chi connectivity index (χ1n) is 4.04. The average Bonchev–Trinajstić information content (AvgIpc) is 1.99. The summed E-state index contributed by atoms with van der Waals surface area (Å²) in [6.07, 6.45) is 2.00. The third-order valence-corrected chi connectivity index (χ3v) is 1.80. The van der Waals surface area contributed by atoms with Gasteiger partial charge >= 0.3 is 0 Å². The molecule has 0 rings (SSSR count). The van der Waals surface area contributed by atoms with Gasteiger partial charge in [-0.2, -0.15) is 0 Å². The fourth-order valence-corrected chi connectivity index (χ4v) is 1.23. The Hall–Kier alpha value is -0.500. The van der Waals surface area contributed by atoms with Crippen molar-refractivity contribution in [3.05, 3.63) is 11.8 Å². The summed E-state index contributed by atoms with van der Waals surface area (Å²) >= 11 is 0. The molecule has 0 aliphatic heterocycles. The van der Waals surface area contributed by atoms with Crippen molar-refractivity contribution >= 4 is 0 Å². The standard InChI is InChI=1S/C9H19NO/c1-6-8(11-5)9(10-4)7(2)3/h6-7,9-10H,1-5H3/t9-/m1/s1. The second-order valence-corrected chi connectivity index (χ2v) is 2.91. The van der Waals surface area contributed by atoms with E-state index in [1.165, 1.54) is 0 Å². The first kappa shape index (κ1) is 10.5. The van der Waals surface area contributed by atoms with E-state index in [9.17, 15) is 0 Å². The SMILES string of the molecule is CC=C(OC)[C@H](NC)C(C)C. The zero-order chi connectivity index (χ0) is 8.85. The molecule has 0 aromatic heterocycles. The van der Waals surface area contributed by atoms with Gasteiger partial charge in [0.15, 0.2) is 0 Å². The van der Waals surface area contributed by atoms with Crippen molar-refractivity contribution in [2.75, 3.05) is 14.2 Å². The highest BCUT2D eigenvalue weighted by Crippen LogP contribution is 2.11. The van der Waals surface area contributed by atoms with Gasteiger partial charge in [0.1, 0.15) is 5.76 Å². The van der Waals surface area contributed by atoms with Crippen LogP contribution in [0.3, 0.4) is 0 Å². The highest BCUT2D eigenvalue weighted by Gasteiger charge is 2.15. The molecule has 0 fully saturated rings. The fourth-order valence-electron chi connectivity index (χ4n) is 1.23. The van der Waals surface area contributed by atoms with Crippen LogP contribution in [0.25, 0.3) is 0 Å². The Labute approximate surface area is 69.6 Å². The third kappa shape index (κ3) is 2.93. The Balaban J connectivity index is 4.22. The van der Waals surface area contributed by atoms with Crippen LogP contribution < -0.4 is 5.32 Å². The maximum Gasteiger partial charge on any atom is 0.108 e. The largest absolute Gasteiger partial charge is 0.500 e. The molecule has 11 heavy (non-hydrogen) atoms. The zero-order valence-electron chi connectivity index (χ0n) is 8.14. The summed E-state index contributed by atoms with van der Waals surface area (Å²) in [5.74, 6) is 1.58. The molecular weight excluding hydrogens is 138 g/mol. The van der Waals surface area contributed by atoms with Gasteiger partial charge in [-0.1, -0.05) is 13.8 Å². The van der Waals surface area contributed by atoms with Crippen LogP contribution in [0, 0.1) is 5.92 Å². The van der Waals surface area contributed by atoms with Crippen LogP contribution in [-0.2, 0) is 4.74 Å². The topological polar surface area (TPSA) is 21.3 Å². The molecule has 2 nitrogen and oxygen atoms in total. The number of likely N-dealkylation sites (N-methyl/N-ethyl adjacent to an activating group) is 1. The van der Waals surface area contributed by atoms with Gasteiger partial charge in [0.25, 0.3) is 0 Å². The van der Waals surface area contributed by atoms with Crippen molar-refractivity contribution in [1.82, 2.24) is 5.32 Å². The maximum atomic E-state index is 5.21. The number of rotatable bonds is 4. The van der Waals surface area contributed by atoms with E-state index in [-0.39, 0.29) is 0 Å². The molecule has 2 heteroatoms. The van der Waals surface area contributed by atoms with Crippen molar-refractivity contribution in [3.63, 3.8) is 0 Å². The highest BCUT2D eigenvalue weighted by molar-refractivity contribution is 5.02. The summed E-state index contributed by atoms with van der Waals surface area (Å²) in [5.41, 5.74) is 0. The molecule has 66 valence electrons. The molecule has 0 bridgehead atoms. The number of ether oxygens (including phenoxy) is 1. The lowest BCUT2D eigenvalue weighted by Crippen LogP contribution is -2.33. The summed E-state index contributed by atoms with van der Waals surface area (Å²) in [7, 11) is 3.66. The monoisotopic (exact) mass is 157 g/mol. The van der Waals surface area contributed by atoms with Gasteiger partial charge in [-0.3, -0.25) is 0 Å². The maximum absolute atomic E-state index is 5.21. The molecule has 0 aromatic rings. The van der Waals surface area contributed by atoms with Gasteiger partial charge in [0.2, 0.25) is 0 Å². The number of nitrogens with one attached hydrogen (secondary N) is 1. The van der Waals surface area contributed by atoms with E-state index in [1.54, 1.807) is 7.11 Å². The molecule has 0 amide bonds. The van der Waals surface area contributed by atoms with E-state index in [0.717, 1.165) is 5.76 Å². The van der Waals surface area contributed by atoms with E-state index >= 15 is 0 Å². The predicted octanol–water partition coefficient (Wildman–Crippen LogP) is 1.78. The van der Waals surface area contributed by atoms with Gasteiger partial charge in [-0.25, -0.2) is 0 Å². The van der Waals surface area contributed by atoms with Crippen LogP contribution in [0.2, 0.25) is 0 Å². The highest BCUT2D eigenvalue weighted by atomic mass is 16.5. The van der Waals surface area contributed by atoms with Gasteiger partial charge in [-0.15, -0.1) is 0 Å². The van der Waals surface area contributed by atoms with E-state index in [1.807, 2.05) is 20.0 Å². The van der Waals surface area contributed by atoms with Gasteiger partial charge < -0.3 is 10.1 Å². The van der Waals surface area contributed by atoms with Gasteiger partial charge in [0, 0.05) is 0 Å². The van der Waals surface area contributed by atoms with Gasteiger partial charge in [-0.05, 0) is 26.0 Å². The van der Waals surface area contributed by atoms with Crippen molar-refractivity contribution in [3.8, 4) is 0 Å². The van der Waals surface area contributed by atoms with Crippen molar-refractivity contribution in [1.29, 1.82) is 0 Å². The lowest BCUT2D eigenvalue weighted by atomic mass is 10.0. The summed E-state index contributed by atoms with van der Waals surface area (Å²) in [6, 6.07) is 0.338. The molecular formula is C9H19NO. The smallest absolute Gasteiger partial charge is 0.108 e. The Morgan fingerprint density at radius 2 is 2.00 bits per heavy atom. The summed E-state index contributed by atoms with van der Waals surface area (Å²) in [6.45, 7) is 6.33. The van der Waals surface area contributed by atoms with Crippen molar-refractivity contribution < 1.29 is 4.74 Å². The molecule has 0 aliphatic rings. The van der Waals surface area contributed by atoms with Crippen molar-refractivity contribution in [2.45, 2.75) is 26.8 Å². The molecule has 0 heterocycles. The molecule has 0 saturated carbocycles. The first-order valence-corrected chi connectivity index (χ1v) is 4.04.